The summed E-state index contributed by atoms with van der Waals surface area (Å²) in [4.78, 5) is 28.7. The Morgan fingerprint density at radius 3 is 2.12 bits per heavy atom. The minimum atomic E-state index is -4.12. The molecule has 1 saturated carbocycles. The second-order valence-corrected chi connectivity index (χ2v) is 11.8. The molecule has 8 nitrogen and oxygen atoms in total. The number of carbonyl (C=O) groups is 2. The molecule has 212 valence electrons. The molecule has 0 spiro atoms. The van der Waals surface area contributed by atoms with Crippen molar-refractivity contribution in [3.63, 3.8) is 0 Å². The maximum atomic E-state index is 14.0. The van der Waals surface area contributed by atoms with E-state index in [1.54, 1.807) is 49.4 Å². The monoisotopic (exact) mass is 563 g/mol. The summed E-state index contributed by atoms with van der Waals surface area (Å²) in [5.74, 6) is -0.159. The highest BCUT2D eigenvalue weighted by atomic mass is 32.2. The summed E-state index contributed by atoms with van der Waals surface area (Å²) >= 11 is 0. The van der Waals surface area contributed by atoms with E-state index in [0.29, 0.717) is 18.0 Å². The van der Waals surface area contributed by atoms with Crippen LogP contribution < -0.4 is 14.4 Å². The largest absolute Gasteiger partial charge is 0.494 e. The summed E-state index contributed by atoms with van der Waals surface area (Å²) in [6.45, 7) is 3.71. The van der Waals surface area contributed by atoms with E-state index in [0.717, 1.165) is 35.6 Å². The molecule has 0 heterocycles. The first kappa shape index (κ1) is 29.1. The molecule has 1 N–H and O–H groups in total. The molecule has 0 saturated heterocycles. The minimum Gasteiger partial charge on any atom is -0.494 e. The number of carbonyl (C=O) groups excluding carboxylic acids is 2. The van der Waals surface area contributed by atoms with Crippen LogP contribution in [-0.2, 0) is 26.2 Å². The van der Waals surface area contributed by atoms with Gasteiger partial charge in [0.15, 0.2) is 0 Å². The molecule has 1 fully saturated rings. The molecule has 3 aromatic rings. The summed E-state index contributed by atoms with van der Waals surface area (Å²) in [6.07, 6.45) is 3.99. The number of ether oxygens (including phenoxy) is 1. The molecule has 40 heavy (non-hydrogen) atoms. The fraction of sp³-hybridized carbons (Fsp3) is 0.355. The van der Waals surface area contributed by atoms with Crippen LogP contribution >= 0.6 is 0 Å². The van der Waals surface area contributed by atoms with Crippen LogP contribution in [0.2, 0.25) is 0 Å². The molecule has 0 aromatic heterocycles. The number of anilines is 1. The van der Waals surface area contributed by atoms with Crippen molar-refractivity contribution in [2.45, 2.75) is 63.1 Å². The topological polar surface area (TPSA) is 96.0 Å². The molecule has 2 amide bonds. The molecule has 3 aromatic carbocycles. The summed E-state index contributed by atoms with van der Waals surface area (Å²) < 4.78 is 34.3. The Hall–Kier alpha value is -3.85. The van der Waals surface area contributed by atoms with Crippen LogP contribution in [0.25, 0.3) is 0 Å². The molecule has 1 aliphatic carbocycles. The number of nitrogens with zero attached hydrogens (tertiary/aromatic N) is 2. The zero-order chi connectivity index (χ0) is 28.5. The standard InChI is InChI=1S/C31H37N3O5S/c1-3-39-28-18-20-29(21-19-28)40(37,38)34(27-16-8-5-9-17-27)23-30(35)33(22-25-12-6-4-7-13-25)24(2)31(36)32-26-14-10-11-15-26/h4-9,12-13,16-21,24,26H,3,10-11,14-15,22-23H2,1-2H3,(H,32,36)/t24-/m1/s1. The number of hydrogen-bond acceptors (Lipinski definition) is 5. The highest BCUT2D eigenvalue weighted by Crippen LogP contribution is 2.26. The van der Waals surface area contributed by atoms with Gasteiger partial charge in [-0.1, -0.05) is 61.4 Å². The average molecular weight is 564 g/mol. The van der Waals surface area contributed by atoms with E-state index in [2.05, 4.69) is 5.32 Å². The van der Waals surface area contributed by atoms with Gasteiger partial charge in [0, 0.05) is 12.6 Å². The first-order valence-corrected chi connectivity index (χ1v) is 15.2. The molecule has 4 rings (SSSR count). The zero-order valence-electron chi connectivity index (χ0n) is 23.0. The van der Waals surface area contributed by atoms with Crippen LogP contribution in [-0.4, -0.2) is 50.4 Å². The molecule has 0 unspecified atom stereocenters. The lowest BCUT2D eigenvalue weighted by molar-refractivity contribution is -0.139. The van der Waals surface area contributed by atoms with Gasteiger partial charge in [0.25, 0.3) is 10.0 Å². The van der Waals surface area contributed by atoms with Gasteiger partial charge in [-0.15, -0.1) is 0 Å². The summed E-state index contributed by atoms with van der Waals surface area (Å²) in [6, 6.07) is 23.4. The van der Waals surface area contributed by atoms with Gasteiger partial charge in [0.2, 0.25) is 11.8 Å². The van der Waals surface area contributed by atoms with Crippen molar-refractivity contribution in [2.75, 3.05) is 17.5 Å². The Morgan fingerprint density at radius 1 is 0.925 bits per heavy atom. The third-order valence-corrected chi connectivity index (χ3v) is 8.90. The zero-order valence-corrected chi connectivity index (χ0v) is 23.8. The van der Waals surface area contributed by atoms with Crippen molar-refractivity contribution in [1.82, 2.24) is 10.2 Å². The van der Waals surface area contributed by atoms with Gasteiger partial charge in [0.1, 0.15) is 18.3 Å². The molecular weight excluding hydrogens is 526 g/mol. The number of sulfonamides is 1. The van der Waals surface area contributed by atoms with E-state index in [1.807, 2.05) is 37.3 Å². The third-order valence-electron chi connectivity index (χ3n) is 7.11. The van der Waals surface area contributed by atoms with Gasteiger partial charge in [-0.25, -0.2) is 8.42 Å². The minimum absolute atomic E-state index is 0.0363. The van der Waals surface area contributed by atoms with Gasteiger partial charge < -0.3 is 15.0 Å². The van der Waals surface area contributed by atoms with Crippen LogP contribution in [0.3, 0.4) is 0 Å². The van der Waals surface area contributed by atoms with Crippen molar-refractivity contribution >= 4 is 27.5 Å². The van der Waals surface area contributed by atoms with E-state index >= 15 is 0 Å². The number of rotatable bonds is 12. The van der Waals surface area contributed by atoms with Crippen molar-refractivity contribution in [1.29, 1.82) is 0 Å². The smallest absolute Gasteiger partial charge is 0.264 e. The third kappa shape index (κ3) is 7.21. The number of para-hydroxylation sites is 1. The maximum Gasteiger partial charge on any atom is 0.264 e. The Bertz CT molecular complexity index is 1360. The van der Waals surface area contributed by atoms with E-state index < -0.39 is 28.5 Å². The van der Waals surface area contributed by atoms with E-state index in [-0.39, 0.29) is 23.4 Å². The SMILES string of the molecule is CCOc1ccc(S(=O)(=O)N(CC(=O)N(Cc2ccccc2)[C@H](C)C(=O)NC2CCCC2)c2ccccc2)cc1. The van der Waals surface area contributed by atoms with Crippen LogP contribution in [0.5, 0.6) is 5.75 Å². The van der Waals surface area contributed by atoms with Crippen LogP contribution in [0.15, 0.2) is 89.8 Å². The maximum absolute atomic E-state index is 14.0. The molecule has 0 radical (unpaired) electrons. The number of nitrogens with one attached hydrogen (secondary N) is 1. The first-order valence-electron chi connectivity index (χ1n) is 13.7. The van der Waals surface area contributed by atoms with Crippen LogP contribution in [0.1, 0.15) is 45.1 Å². The Kier molecular flexibility index (Phi) is 9.82. The average Bonchev–Trinajstić information content (AvgIpc) is 3.48. The molecule has 1 aliphatic rings. The molecule has 1 atom stereocenters. The highest BCUT2D eigenvalue weighted by Gasteiger charge is 2.33. The van der Waals surface area contributed by atoms with Crippen molar-refractivity contribution in [2.24, 2.45) is 0 Å². The fourth-order valence-corrected chi connectivity index (χ4v) is 6.29. The van der Waals surface area contributed by atoms with E-state index in [9.17, 15) is 18.0 Å². The lowest BCUT2D eigenvalue weighted by Gasteiger charge is -2.32. The lowest BCUT2D eigenvalue weighted by atomic mass is 10.1. The summed E-state index contributed by atoms with van der Waals surface area (Å²) in [5, 5.41) is 3.08. The first-order chi connectivity index (χ1) is 19.3. The Morgan fingerprint density at radius 2 is 1.52 bits per heavy atom. The van der Waals surface area contributed by atoms with Crippen LogP contribution in [0.4, 0.5) is 5.69 Å². The van der Waals surface area contributed by atoms with Gasteiger partial charge in [-0.05, 0) is 68.7 Å². The van der Waals surface area contributed by atoms with Gasteiger partial charge in [-0.2, -0.15) is 0 Å². The predicted octanol–water partition coefficient (Wildman–Crippen LogP) is 4.76. The summed E-state index contributed by atoms with van der Waals surface area (Å²) in [7, 11) is -4.12. The second kappa shape index (κ2) is 13.5. The molecule has 0 aliphatic heterocycles. The van der Waals surface area contributed by atoms with Gasteiger partial charge in [-0.3, -0.25) is 13.9 Å². The van der Waals surface area contributed by atoms with Gasteiger partial charge >= 0.3 is 0 Å². The number of amides is 2. The Labute approximate surface area is 237 Å². The van der Waals surface area contributed by atoms with Gasteiger partial charge in [0.05, 0.1) is 17.2 Å². The fourth-order valence-electron chi connectivity index (χ4n) is 4.88. The molecule has 9 heteroatoms. The number of hydrogen-bond donors (Lipinski definition) is 1. The second-order valence-electron chi connectivity index (χ2n) is 9.92. The normalized spacial score (nSPS) is 14.3. The highest BCUT2D eigenvalue weighted by molar-refractivity contribution is 7.92. The van der Waals surface area contributed by atoms with Crippen molar-refractivity contribution in [3.05, 3.63) is 90.5 Å². The van der Waals surface area contributed by atoms with Crippen molar-refractivity contribution in [3.8, 4) is 5.75 Å². The number of benzene rings is 3. The quantitative estimate of drug-likeness (QED) is 0.343. The van der Waals surface area contributed by atoms with Crippen LogP contribution in [0, 0.1) is 0 Å². The van der Waals surface area contributed by atoms with Crippen molar-refractivity contribution < 1.29 is 22.7 Å². The molecular formula is C31H37N3O5S. The van der Waals surface area contributed by atoms with E-state index in [1.165, 1.54) is 17.0 Å². The molecule has 0 bridgehead atoms. The Balaban J connectivity index is 1.64. The van der Waals surface area contributed by atoms with E-state index in [4.69, 9.17) is 4.74 Å². The summed E-state index contributed by atoms with van der Waals surface area (Å²) in [5.41, 5.74) is 1.20. The predicted molar refractivity (Wildman–Crippen MR) is 155 cm³/mol. The lowest BCUT2D eigenvalue weighted by Crippen LogP contribution is -2.52.